The van der Waals surface area contributed by atoms with Crippen molar-refractivity contribution in [3.8, 4) is 0 Å². The number of nitrogens with zero attached hydrogens (tertiary/aromatic N) is 1. The fourth-order valence-corrected chi connectivity index (χ4v) is 1.90. The minimum atomic E-state index is -0.227. The Kier molecular flexibility index (Phi) is 3.92. The van der Waals surface area contributed by atoms with Crippen LogP contribution >= 0.6 is 0 Å². The predicted molar refractivity (Wildman–Crippen MR) is 73.6 cm³/mol. The Balaban J connectivity index is 2.22. The molecule has 1 heterocycles. The molecule has 0 unspecified atom stereocenters. The fraction of sp³-hybridized carbons (Fsp3) is 0.200. The average molecular weight is 257 g/mol. The van der Waals surface area contributed by atoms with Gasteiger partial charge in [-0.15, -0.1) is 0 Å². The Bertz CT molecular complexity index is 545. The monoisotopic (exact) mass is 257 g/mol. The lowest BCUT2D eigenvalue weighted by atomic mass is 10.2. The van der Waals surface area contributed by atoms with Crippen LogP contribution in [0.4, 0.5) is 5.69 Å². The van der Waals surface area contributed by atoms with E-state index in [1.54, 1.807) is 18.2 Å². The van der Waals surface area contributed by atoms with Gasteiger partial charge in [0, 0.05) is 5.57 Å². The SMILES string of the molecule is C[NH+](C)/C=C/C=C1/CC(=O)N(c2ccccc2)C1=O. The normalized spacial score (nSPS) is 18.3. The Morgan fingerprint density at radius 3 is 2.47 bits per heavy atom. The molecule has 98 valence electrons. The van der Waals surface area contributed by atoms with Crippen molar-refractivity contribution in [2.24, 2.45) is 0 Å². The van der Waals surface area contributed by atoms with Crippen LogP contribution in [0.3, 0.4) is 0 Å². The summed E-state index contributed by atoms with van der Waals surface area (Å²) in [6.45, 7) is 0. The molecule has 0 atom stereocenters. The van der Waals surface area contributed by atoms with Gasteiger partial charge in [0.15, 0.2) is 0 Å². The summed E-state index contributed by atoms with van der Waals surface area (Å²) in [5.41, 5.74) is 1.16. The van der Waals surface area contributed by atoms with E-state index in [9.17, 15) is 9.59 Å². The summed E-state index contributed by atoms with van der Waals surface area (Å²) in [6, 6.07) is 9.00. The van der Waals surface area contributed by atoms with Gasteiger partial charge >= 0.3 is 0 Å². The van der Waals surface area contributed by atoms with E-state index in [0.29, 0.717) is 11.3 Å². The number of allylic oxidation sites excluding steroid dienone is 2. The van der Waals surface area contributed by atoms with Crippen LogP contribution in [0.2, 0.25) is 0 Å². The Morgan fingerprint density at radius 2 is 1.84 bits per heavy atom. The third kappa shape index (κ3) is 2.98. The lowest BCUT2D eigenvalue weighted by Crippen LogP contribution is -3.00. The molecule has 1 aliphatic rings. The Labute approximate surface area is 112 Å². The number of rotatable bonds is 3. The first-order chi connectivity index (χ1) is 9.09. The quantitative estimate of drug-likeness (QED) is 0.634. The van der Waals surface area contributed by atoms with Crippen LogP contribution in [0, 0.1) is 0 Å². The van der Waals surface area contributed by atoms with E-state index in [4.69, 9.17) is 0 Å². The zero-order valence-electron chi connectivity index (χ0n) is 11.1. The molecule has 2 amide bonds. The lowest BCUT2D eigenvalue weighted by molar-refractivity contribution is -0.801. The van der Waals surface area contributed by atoms with E-state index in [2.05, 4.69) is 0 Å². The zero-order valence-corrected chi connectivity index (χ0v) is 11.1. The van der Waals surface area contributed by atoms with Gasteiger partial charge in [-0.2, -0.15) is 0 Å². The van der Waals surface area contributed by atoms with Gasteiger partial charge in [-0.1, -0.05) is 18.2 Å². The molecule has 0 radical (unpaired) electrons. The maximum absolute atomic E-state index is 12.2. The Morgan fingerprint density at radius 1 is 1.16 bits per heavy atom. The Hall–Kier alpha value is -2.20. The maximum atomic E-state index is 12.2. The second-order valence-electron chi connectivity index (χ2n) is 4.67. The number of nitrogens with one attached hydrogen (secondary N) is 1. The molecule has 1 aromatic carbocycles. The van der Waals surface area contributed by atoms with Crippen LogP contribution < -0.4 is 9.80 Å². The second-order valence-corrected chi connectivity index (χ2v) is 4.67. The first-order valence-electron chi connectivity index (χ1n) is 6.19. The highest BCUT2D eigenvalue weighted by molar-refractivity contribution is 6.28. The summed E-state index contributed by atoms with van der Waals surface area (Å²) in [7, 11) is 3.96. The van der Waals surface area contributed by atoms with Gasteiger partial charge in [-0.25, -0.2) is 4.90 Å². The lowest BCUT2D eigenvalue weighted by Gasteiger charge is -2.12. The van der Waals surface area contributed by atoms with Gasteiger partial charge in [0.1, 0.15) is 0 Å². The standard InChI is InChI=1S/C15H16N2O2/c1-16(2)10-6-7-12-11-14(18)17(15(12)19)13-8-4-3-5-9-13/h3-10H,11H2,1-2H3/p+1/b10-6+,12-7-. The van der Waals surface area contributed by atoms with Crippen molar-refractivity contribution in [1.82, 2.24) is 0 Å². The van der Waals surface area contributed by atoms with Gasteiger partial charge < -0.3 is 4.90 Å². The van der Waals surface area contributed by atoms with Crippen molar-refractivity contribution < 1.29 is 14.5 Å². The number of quaternary nitrogens is 1. The largest absolute Gasteiger partial charge is 0.314 e. The van der Waals surface area contributed by atoms with Crippen molar-refractivity contribution in [2.75, 3.05) is 19.0 Å². The summed E-state index contributed by atoms with van der Waals surface area (Å²) in [5.74, 6) is -0.400. The molecule has 1 N–H and O–H groups in total. The molecule has 4 heteroatoms. The highest BCUT2D eigenvalue weighted by atomic mass is 16.2. The molecule has 4 nitrogen and oxygen atoms in total. The van der Waals surface area contributed by atoms with Gasteiger partial charge in [0.05, 0.1) is 32.4 Å². The van der Waals surface area contributed by atoms with Crippen molar-refractivity contribution >= 4 is 17.5 Å². The van der Waals surface area contributed by atoms with Crippen molar-refractivity contribution in [3.05, 3.63) is 54.3 Å². The molecule has 1 aliphatic heterocycles. The topological polar surface area (TPSA) is 41.8 Å². The van der Waals surface area contributed by atoms with Crippen molar-refractivity contribution in [3.63, 3.8) is 0 Å². The van der Waals surface area contributed by atoms with Crippen LogP contribution in [-0.2, 0) is 9.59 Å². The average Bonchev–Trinajstić information content (AvgIpc) is 2.65. The van der Waals surface area contributed by atoms with Crippen molar-refractivity contribution in [2.45, 2.75) is 6.42 Å². The molecule has 2 rings (SSSR count). The molecule has 1 fully saturated rings. The third-order valence-electron chi connectivity index (χ3n) is 2.81. The van der Waals surface area contributed by atoms with Gasteiger partial charge in [0.2, 0.25) is 5.91 Å². The number of anilines is 1. The molecule has 0 aliphatic carbocycles. The van der Waals surface area contributed by atoms with E-state index >= 15 is 0 Å². The maximum Gasteiger partial charge on any atom is 0.261 e. The van der Waals surface area contributed by atoms with Crippen LogP contribution in [0.5, 0.6) is 0 Å². The number of carbonyl (C=O) groups is 2. The number of amides is 2. The molecule has 1 saturated heterocycles. The highest BCUT2D eigenvalue weighted by Gasteiger charge is 2.34. The van der Waals surface area contributed by atoms with Crippen LogP contribution in [-0.4, -0.2) is 25.9 Å². The second kappa shape index (κ2) is 5.63. The van der Waals surface area contributed by atoms with Crippen LogP contribution in [0.25, 0.3) is 0 Å². The van der Waals surface area contributed by atoms with E-state index in [1.807, 2.05) is 44.6 Å². The fourth-order valence-electron chi connectivity index (χ4n) is 1.90. The van der Waals surface area contributed by atoms with Crippen molar-refractivity contribution in [1.29, 1.82) is 0 Å². The summed E-state index contributed by atoms with van der Waals surface area (Å²) >= 11 is 0. The predicted octanol–water partition coefficient (Wildman–Crippen LogP) is 0.534. The first kappa shape index (κ1) is 13.2. The smallest absolute Gasteiger partial charge is 0.261 e. The number of imide groups is 1. The molecule has 1 aromatic rings. The highest BCUT2D eigenvalue weighted by Crippen LogP contribution is 2.25. The minimum Gasteiger partial charge on any atom is -0.314 e. The van der Waals surface area contributed by atoms with E-state index in [1.165, 1.54) is 4.90 Å². The van der Waals surface area contributed by atoms with E-state index in [0.717, 1.165) is 4.90 Å². The molecule has 0 bridgehead atoms. The molecule has 0 spiro atoms. The molecule has 0 aromatic heterocycles. The van der Waals surface area contributed by atoms with Crippen LogP contribution in [0.15, 0.2) is 54.3 Å². The number of benzene rings is 1. The van der Waals surface area contributed by atoms with Crippen LogP contribution in [0.1, 0.15) is 6.42 Å². The summed E-state index contributed by atoms with van der Waals surface area (Å²) in [5, 5.41) is 0. The molecular formula is C15H17N2O2+. The van der Waals surface area contributed by atoms with E-state index < -0.39 is 0 Å². The molecule has 0 saturated carbocycles. The molecular weight excluding hydrogens is 240 g/mol. The zero-order chi connectivity index (χ0) is 13.8. The number of para-hydroxylation sites is 1. The van der Waals surface area contributed by atoms with Gasteiger partial charge in [0.25, 0.3) is 5.91 Å². The number of carbonyl (C=O) groups excluding carboxylic acids is 2. The van der Waals surface area contributed by atoms with E-state index in [-0.39, 0.29) is 18.2 Å². The first-order valence-corrected chi connectivity index (χ1v) is 6.19. The minimum absolute atomic E-state index is 0.167. The van der Waals surface area contributed by atoms with Gasteiger partial charge in [-0.05, 0) is 24.3 Å². The van der Waals surface area contributed by atoms with Gasteiger partial charge in [-0.3, -0.25) is 9.59 Å². The number of hydrogen-bond donors (Lipinski definition) is 1. The number of hydrogen-bond acceptors (Lipinski definition) is 2. The summed E-state index contributed by atoms with van der Waals surface area (Å²) in [6.07, 6.45) is 5.61. The molecule has 19 heavy (non-hydrogen) atoms. The summed E-state index contributed by atoms with van der Waals surface area (Å²) in [4.78, 5) is 26.5. The third-order valence-corrected chi connectivity index (χ3v) is 2.81. The summed E-state index contributed by atoms with van der Waals surface area (Å²) < 4.78 is 0.